The predicted octanol–water partition coefficient (Wildman–Crippen LogP) is 0.202. The lowest BCUT2D eigenvalue weighted by molar-refractivity contribution is 0.0928. The Morgan fingerprint density at radius 2 is 2.44 bits per heavy atom. The lowest BCUT2D eigenvalue weighted by Crippen LogP contribution is -2.37. The first-order chi connectivity index (χ1) is 7.66. The number of carbonyl (C=O) groups excluding carboxylic acids is 1. The Morgan fingerprint density at radius 3 is 3.06 bits per heavy atom. The van der Waals surface area contributed by atoms with Gasteiger partial charge in [0.25, 0.3) is 5.91 Å². The van der Waals surface area contributed by atoms with Gasteiger partial charge in [-0.15, -0.1) is 0 Å². The molecule has 0 saturated carbocycles. The summed E-state index contributed by atoms with van der Waals surface area (Å²) in [6.45, 7) is 2.96. The summed E-state index contributed by atoms with van der Waals surface area (Å²) in [4.78, 5) is 26.1. The summed E-state index contributed by atoms with van der Waals surface area (Å²) in [5, 5.41) is 2.77. The first kappa shape index (κ1) is 10.9. The molecule has 1 atom stereocenters. The smallest absolute Gasteiger partial charge is 0.257 e. The summed E-state index contributed by atoms with van der Waals surface area (Å²) < 4.78 is 5.14. The van der Waals surface area contributed by atoms with Crippen LogP contribution in [0.1, 0.15) is 22.5 Å². The number of aryl methyl sites for hydroxylation is 1. The highest BCUT2D eigenvalue weighted by molar-refractivity contribution is 5.94. The number of hydrogen-bond donors (Lipinski definition) is 2. The van der Waals surface area contributed by atoms with E-state index in [1.807, 2.05) is 0 Å². The summed E-state index contributed by atoms with van der Waals surface area (Å²) in [5.41, 5.74) is 0.635. The topological polar surface area (TPSA) is 71.2 Å². The maximum Gasteiger partial charge on any atom is 0.257 e. The van der Waals surface area contributed by atoms with Crippen molar-refractivity contribution in [3.05, 3.63) is 33.7 Å². The molecule has 1 aromatic rings. The molecule has 16 heavy (non-hydrogen) atoms. The van der Waals surface area contributed by atoms with Gasteiger partial charge in [0.15, 0.2) is 5.43 Å². The van der Waals surface area contributed by atoms with Crippen LogP contribution in [0.4, 0.5) is 0 Å². The molecule has 1 aliphatic heterocycles. The molecule has 0 bridgehead atoms. The van der Waals surface area contributed by atoms with Crippen LogP contribution in [0, 0.1) is 6.92 Å². The minimum atomic E-state index is -0.336. The highest BCUT2D eigenvalue weighted by Gasteiger charge is 2.19. The van der Waals surface area contributed by atoms with Crippen molar-refractivity contribution < 1.29 is 9.53 Å². The van der Waals surface area contributed by atoms with Crippen LogP contribution in [-0.4, -0.2) is 30.1 Å². The van der Waals surface area contributed by atoms with Gasteiger partial charge in [0.05, 0.1) is 12.6 Å². The molecule has 5 nitrogen and oxygen atoms in total. The predicted molar refractivity (Wildman–Crippen MR) is 58.5 cm³/mol. The molecule has 2 heterocycles. The molecular weight excluding hydrogens is 208 g/mol. The van der Waals surface area contributed by atoms with Crippen molar-refractivity contribution in [1.82, 2.24) is 10.3 Å². The van der Waals surface area contributed by atoms with E-state index in [2.05, 4.69) is 10.3 Å². The Hall–Kier alpha value is -1.62. The van der Waals surface area contributed by atoms with Crippen LogP contribution >= 0.6 is 0 Å². The molecule has 2 rings (SSSR count). The average molecular weight is 222 g/mol. The molecule has 1 aliphatic rings. The van der Waals surface area contributed by atoms with Crippen LogP contribution in [0.25, 0.3) is 0 Å². The summed E-state index contributed by atoms with van der Waals surface area (Å²) in [6, 6.07) is 1.44. The molecule has 1 saturated heterocycles. The van der Waals surface area contributed by atoms with Crippen LogP contribution in [0.2, 0.25) is 0 Å². The van der Waals surface area contributed by atoms with Crippen molar-refractivity contribution in [3.8, 4) is 0 Å². The standard InChI is InChI=1S/C11H14N2O3/c1-7-4-10(14)9(5-12-7)11(15)13-8-2-3-16-6-8/h4-5,8H,2-3,6H2,1H3,(H,12,14)(H,13,15). The highest BCUT2D eigenvalue weighted by Crippen LogP contribution is 2.04. The number of ether oxygens (including phenoxy) is 1. The number of hydrogen-bond acceptors (Lipinski definition) is 3. The number of amides is 1. The first-order valence-corrected chi connectivity index (χ1v) is 5.25. The molecule has 1 aromatic heterocycles. The van der Waals surface area contributed by atoms with Crippen molar-refractivity contribution in [2.24, 2.45) is 0 Å². The van der Waals surface area contributed by atoms with Gasteiger partial charge in [-0.1, -0.05) is 0 Å². The Morgan fingerprint density at radius 1 is 1.62 bits per heavy atom. The molecular formula is C11H14N2O3. The van der Waals surface area contributed by atoms with E-state index in [1.165, 1.54) is 12.3 Å². The number of aromatic nitrogens is 1. The van der Waals surface area contributed by atoms with E-state index < -0.39 is 0 Å². The molecule has 2 N–H and O–H groups in total. The van der Waals surface area contributed by atoms with Crippen LogP contribution in [0.15, 0.2) is 17.1 Å². The van der Waals surface area contributed by atoms with Gasteiger partial charge >= 0.3 is 0 Å². The molecule has 0 spiro atoms. The van der Waals surface area contributed by atoms with Crippen LogP contribution in [0.3, 0.4) is 0 Å². The summed E-state index contributed by atoms with van der Waals surface area (Å²) in [6.07, 6.45) is 2.25. The SMILES string of the molecule is Cc1cc(=O)c(C(=O)NC2CCOC2)c[nH]1. The first-order valence-electron chi connectivity index (χ1n) is 5.25. The number of H-pyrrole nitrogens is 1. The normalized spacial score (nSPS) is 19.7. The van der Waals surface area contributed by atoms with Crippen LogP contribution < -0.4 is 10.7 Å². The highest BCUT2D eigenvalue weighted by atomic mass is 16.5. The van der Waals surface area contributed by atoms with Crippen LogP contribution in [0.5, 0.6) is 0 Å². The fraction of sp³-hybridized carbons (Fsp3) is 0.455. The average Bonchev–Trinajstić information content (AvgIpc) is 2.70. The Labute approximate surface area is 92.8 Å². The largest absolute Gasteiger partial charge is 0.379 e. The monoisotopic (exact) mass is 222 g/mol. The van der Waals surface area contributed by atoms with Gasteiger partial charge in [-0.2, -0.15) is 0 Å². The molecule has 5 heteroatoms. The van der Waals surface area contributed by atoms with Gasteiger partial charge in [0.2, 0.25) is 0 Å². The summed E-state index contributed by atoms with van der Waals surface area (Å²) in [7, 11) is 0. The lowest BCUT2D eigenvalue weighted by Gasteiger charge is -2.09. The number of pyridine rings is 1. The van der Waals surface area contributed by atoms with E-state index in [4.69, 9.17) is 4.74 Å². The van der Waals surface area contributed by atoms with Crippen molar-refractivity contribution >= 4 is 5.91 Å². The number of nitrogens with one attached hydrogen (secondary N) is 2. The number of carbonyl (C=O) groups is 1. The van der Waals surface area contributed by atoms with E-state index >= 15 is 0 Å². The zero-order chi connectivity index (χ0) is 11.5. The Balaban J connectivity index is 2.11. The second-order valence-corrected chi connectivity index (χ2v) is 3.93. The molecule has 1 unspecified atom stereocenters. The fourth-order valence-corrected chi connectivity index (χ4v) is 1.66. The second-order valence-electron chi connectivity index (χ2n) is 3.93. The van der Waals surface area contributed by atoms with E-state index in [1.54, 1.807) is 6.92 Å². The molecule has 1 amide bonds. The van der Waals surface area contributed by atoms with Crippen molar-refractivity contribution in [2.45, 2.75) is 19.4 Å². The van der Waals surface area contributed by atoms with E-state index in [0.717, 1.165) is 12.1 Å². The maximum atomic E-state index is 11.7. The number of aromatic amines is 1. The van der Waals surface area contributed by atoms with Gasteiger partial charge in [-0.05, 0) is 13.3 Å². The quantitative estimate of drug-likeness (QED) is 0.751. The summed E-state index contributed by atoms with van der Waals surface area (Å²) >= 11 is 0. The van der Waals surface area contributed by atoms with Gasteiger partial charge < -0.3 is 15.0 Å². The van der Waals surface area contributed by atoms with Crippen LogP contribution in [-0.2, 0) is 4.74 Å². The molecule has 0 aliphatic carbocycles. The third kappa shape index (κ3) is 2.30. The third-order valence-electron chi connectivity index (χ3n) is 2.57. The van der Waals surface area contributed by atoms with E-state index in [-0.39, 0.29) is 22.9 Å². The minimum absolute atomic E-state index is 0.0215. The van der Waals surface area contributed by atoms with Crippen molar-refractivity contribution in [3.63, 3.8) is 0 Å². The fourth-order valence-electron chi connectivity index (χ4n) is 1.66. The summed E-state index contributed by atoms with van der Waals surface area (Å²) in [5.74, 6) is -0.336. The van der Waals surface area contributed by atoms with Gasteiger partial charge in [-0.3, -0.25) is 9.59 Å². The molecule has 0 aromatic carbocycles. The zero-order valence-electron chi connectivity index (χ0n) is 9.08. The van der Waals surface area contributed by atoms with Gasteiger partial charge in [-0.25, -0.2) is 0 Å². The maximum absolute atomic E-state index is 11.7. The zero-order valence-corrected chi connectivity index (χ0v) is 9.08. The molecule has 1 fully saturated rings. The van der Waals surface area contributed by atoms with E-state index in [0.29, 0.717) is 13.2 Å². The van der Waals surface area contributed by atoms with Gasteiger partial charge in [0, 0.05) is 24.6 Å². The third-order valence-corrected chi connectivity index (χ3v) is 2.57. The Kier molecular flexibility index (Phi) is 3.05. The van der Waals surface area contributed by atoms with E-state index in [9.17, 15) is 9.59 Å². The second kappa shape index (κ2) is 4.49. The molecule has 86 valence electrons. The molecule has 0 radical (unpaired) electrons. The Bertz CT molecular complexity index is 447. The van der Waals surface area contributed by atoms with Gasteiger partial charge in [0.1, 0.15) is 5.56 Å². The lowest BCUT2D eigenvalue weighted by atomic mass is 10.2. The van der Waals surface area contributed by atoms with Crippen molar-refractivity contribution in [1.29, 1.82) is 0 Å². The van der Waals surface area contributed by atoms with Crippen molar-refractivity contribution in [2.75, 3.05) is 13.2 Å². The number of rotatable bonds is 2. The minimum Gasteiger partial charge on any atom is -0.379 e.